The maximum atomic E-state index is 5.79. The van der Waals surface area contributed by atoms with E-state index in [0.717, 1.165) is 18.9 Å². The second kappa shape index (κ2) is 3.43. The van der Waals surface area contributed by atoms with Gasteiger partial charge in [0.05, 0.1) is 5.02 Å². The monoisotopic (exact) mass is 210 g/mol. The third kappa shape index (κ3) is 2.01. The van der Waals surface area contributed by atoms with Crippen LogP contribution >= 0.6 is 11.6 Å². The van der Waals surface area contributed by atoms with E-state index in [1.807, 2.05) is 12.1 Å². The maximum absolute atomic E-state index is 5.79. The summed E-state index contributed by atoms with van der Waals surface area (Å²) in [6.07, 6.45) is 2.94. The van der Waals surface area contributed by atoms with Crippen LogP contribution in [0.3, 0.4) is 0 Å². The minimum atomic E-state index is 0.418. The molecule has 0 N–H and O–H groups in total. The van der Waals surface area contributed by atoms with Gasteiger partial charge in [-0.05, 0) is 24.0 Å². The van der Waals surface area contributed by atoms with E-state index in [2.05, 4.69) is 23.7 Å². The third-order valence-electron chi connectivity index (χ3n) is 2.71. The summed E-state index contributed by atoms with van der Waals surface area (Å²) in [7, 11) is 0. The number of rotatable bonds is 1. The Morgan fingerprint density at radius 3 is 2.71 bits per heavy atom. The predicted molar refractivity (Wildman–Crippen MR) is 59.9 cm³/mol. The third-order valence-corrected chi connectivity index (χ3v) is 2.94. The van der Waals surface area contributed by atoms with Crippen molar-refractivity contribution in [1.29, 1.82) is 0 Å². The molecule has 0 unspecified atom stereocenters. The highest BCUT2D eigenvalue weighted by Gasteiger charge is 2.29. The fourth-order valence-corrected chi connectivity index (χ4v) is 1.97. The quantitative estimate of drug-likeness (QED) is 0.709. The molecule has 76 valence electrons. The molecule has 0 aromatic carbocycles. The lowest BCUT2D eigenvalue weighted by molar-refractivity contribution is 0.418. The molecule has 1 aliphatic heterocycles. The van der Waals surface area contributed by atoms with Crippen LogP contribution in [0, 0.1) is 5.41 Å². The molecular weight excluding hydrogens is 196 g/mol. The summed E-state index contributed by atoms with van der Waals surface area (Å²) >= 11 is 5.79. The van der Waals surface area contributed by atoms with Gasteiger partial charge in [0.2, 0.25) is 0 Å². The first-order valence-electron chi connectivity index (χ1n) is 4.93. The zero-order chi connectivity index (χ0) is 10.2. The molecule has 14 heavy (non-hydrogen) atoms. The van der Waals surface area contributed by atoms with E-state index in [0.29, 0.717) is 10.4 Å². The number of anilines is 1. The molecule has 0 amide bonds. The summed E-state index contributed by atoms with van der Waals surface area (Å²) in [6.45, 7) is 6.77. The van der Waals surface area contributed by atoms with Crippen molar-refractivity contribution < 1.29 is 0 Å². The second-order valence-electron chi connectivity index (χ2n) is 4.67. The molecule has 1 fully saturated rings. The van der Waals surface area contributed by atoms with Crippen molar-refractivity contribution in [2.75, 3.05) is 18.0 Å². The summed E-state index contributed by atoms with van der Waals surface area (Å²) in [5.74, 6) is 1.04. The molecule has 1 aromatic heterocycles. The summed E-state index contributed by atoms with van der Waals surface area (Å²) in [4.78, 5) is 6.64. The molecule has 1 aromatic rings. The Bertz CT molecular complexity index is 319. The van der Waals surface area contributed by atoms with Crippen molar-refractivity contribution in [1.82, 2.24) is 4.98 Å². The Balaban J connectivity index is 2.14. The minimum Gasteiger partial charge on any atom is -0.356 e. The van der Waals surface area contributed by atoms with Crippen molar-refractivity contribution >= 4 is 17.4 Å². The fraction of sp³-hybridized carbons (Fsp3) is 0.545. The molecule has 2 heterocycles. The van der Waals surface area contributed by atoms with Gasteiger partial charge in [-0.2, -0.15) is 0 Å². The van der Waals surface area contributed by atoms with Crippen molar-refractivity contribution in [3.05, 3.63) is 23.4 Å². The Hall–Kier alpha value is -0.760. The van der Waals surface area contributed by atoms with E-state index in [1.165, 1.54) is 6.42 Å². The smallest absolute Gasteiger partial charge is 0.128 e. The number of hydrogen-bond acceptors (Lipinski definition) is 2. The molecule has 3 heteroatoms. The zero-order valence-corrected chi connectivity index (χ0v) is 9.38. The van der Waals surface area contributed by atoms with Crippen LogP contribution in [0.2, 0.25) is 5.02 Å². The lowest BCUT2D eigenvalue weighted by Crippen LogP contribution is -2.23. The zero-order valence-electron chi connectivity index (χ0n) is 8.63. The molecule has 2 rings (SSSR count). The highest BCUT2D eigenvalue weighted by atomic mass is 35.5. The van der Waals surface area contributed by atoms with E-state index in [9.17, 15) is 0 Å². The normalized spacial score (nSPS) is 20.1. The van der Waals surface area contributed by atoms with Crippen LogP contribution in [0.25, 0.3) is 0 Å². The number of aromatic nitrogens is 1. The van der Waals surface area contributed by atoms with E-state index < -0.39 is 0 Å². The number of nitrogens with zero attached hydrogens (tertiary/aromatic N) is 2. The van der Waals surface area contributed by atoms with Gasteiger partial charge in [-0.15, -0.1) is 0 Å². The molecule has 0 aliphatic carbocycles. The first-order chi connectivity index (χ1) is 6.57. The summed E-state index contributed by atoms with van der Waals surface area (Å²) in [5.41, 5.74) is 0.418. The Morgan fingerprint density at radius 2 is 2.21 bits per heavy atom. The average Bonchev–Trinajstić information content (AvgIpc) is 2.47. The lowest BCUT2D eigenvalue weighted by atomic mass is 9.93. The predicted octanol–water partition coefficient (Wildman–Crippen LogP) is 2.97. The molecule has 0 bridgehead atoms. The summed E-state index contributed by atoms with van der Waals surface area (Å²) in [5, 5.41) is 0.701. The number of halogens is 1. The highest BCUT2D eigenvalue weighted by molar-refractivity contribution is 6.30. The van der Waals surface area contributed by atoms with Gasteiger partial charge >= 0.3 is 0 Å². The molecule has 0 radical (unpaired) electrons. The van der Waals surface area contributed by atoms with Crippen molar-refractivity contribution in [2.45, 2.75) is 20.3 Å². The molecule has 1 aliphatic rings. The van der Waals surface area contributed by atoms with Gasteiger partial charge in [-0.25, -0.2) is 4.98 Å². The maximum Gasteiger partial charge on any atom is 0.128 e. The lowest BCUT2D eigenvalue weighted by Gasteiger charge is -2.20. The van der Waals surface area contributed by atoms with Crippen LogP contribution in [0.1, 0.15) is 20.3 Å². The fourth-order valence-electron chi connectivity index (χ4n) is 1.86. The van der Waals surface area contributed by atoms with Crippen LogP contribution < -0.4 is 4.90 Å². The van der Waals surface area contributed by atoms with Crippen molar-refractivity contribution in [3.8, 4) is 0 Å². The van der Waals surface area contributed by atoms with Gasteiger partial charge in [0.25, 0.3) is 0 Å². The standard InChI is InChI=1S/C11H15ClN2/c1-11(2)5-6-14(8-11)10-4-3-9(12)7-13-10/h3-4,7H,5-6,8H2,1-2H3. The molecular formula is C11H15ClN2. The van der Waals surface area contributed by atoms with Gasteiger partial charge in [-0.3, -0.25) is 0 Å². The van der Waals surface area contributed by atoms with Gasteiger partial charge in [0.15, 0.2) is 0 Å². The van der Waals surface area contributed by atoms with E-state index in [1.54, 1.807) is 6.20 Å². The topological polar surface area (TPSA) is 16.1 Å². The van der Waals surface area contributed by atoms with Crippen LogP contribution in [0.5, 0.6) is 0 Å². The van der Waals surface area contributed by atoms with Crippen LogP contribution in [0.4, 0.5) is 5.82 Å². The number of pyridine rings is 1. The Labute approximate surface area is 89.9 Å². The van der Waals surface area contributed by atoms with Gasteiger partial charge < -0.3 is 4.90 Å². The van der Waals surface area contributed by atoms with Crippen LogP contribution in [-0.2, 0) is 0 Å². The average molecular weight is 211 g/mol. The Kier molecular flexibility index (Phi) is 2.40. The van der Waals surface area contributed by atoms with E-state index >= 15 is 0 Å². The molecule has 1 saturated heterocycles. The van der Waals surface area contributed by atoms with Gasteiger partial charge in [-0.1, -0.05) is 25.4 Å². The van der Waals surface area contributed by atoms with E-state index in [4.69, 9.17) is 11.6 Å². The first kappa shape index (κ1) is 9.78. The first-order valence-corrected chi connectivity index (χ1v) is 5.31. The van der Waals surface area contributed by atoms with Crippen molar-refractivity contribution in [3.63, 3.8) is 0 Å². The van der Waals surface area contributed by atoms with Crippen LogP contribution in [0.15, 0.2) is 18.3 Å². The van der Waals surface area contributed by atoms with E-state index in [-0.39, 0.29) is 0 Å². The van der Waals surface area contributed by atoms with Crippen LogP contribution in [-0.4, -0.2) is 18.1 Å². The SMILES string of the molecule is CC1(C)CCN(c2ccc(Cl)cn2)C1. The number of hydrogen-bond donors (Lipinski definition) is 0. The molecule has 0 atom stereocenters. The summed E-state index contributed by atoms with van der Waals surface area (Å²) in [6, 6.07) is 3.89. The summed E-state index contributed by atoms with van der Waals surface area (Å²) < 4.78 is 0. The highest BCUT2D eigenvalue weighted by Crippen LogP contribution is 2.31. The van der Waals surface area contributed by atoms with Gasteiger partial charge in [0, 0.05) is 19.3 Å². The molecule has 2 nitrogen and oxygen atoms in total. The molecule has 0 spiro atoms. The minimum absolute atomic E-state index is 0.418. The molecule has 0 saturated carbocycles. The van der Waals surface area contributed by atoms with Gasteiger partial charge in [0.1, 0.15) is 5.82 Å². The largest absolute Gasteiger partial charge is 0.356 e. The second-order valence-corrected chi connectivity index (χ2v) is 5.11. The van der Waals surface area contributed by atoms with Crippen molar-refractivity contribution in [2.24, 2.45) is 5.41 Å². The Morgan fingerprint density at radius 1 is 1.43 bits per heavy atom.